The average Bonchev–Trinajstić information content (AvgIpc) is 2.72. The Morgan fingerprint density at radius 2 is 1.61 bits per heavy atom. The van der Waals surface area contributed by atoms with Crippen LogP contribution in [-0.2, 0) is 16.1 Å². The van der Waals surface area contributed by atoms with Crippen LogP contribution in [0, 0.1) is 0 Å². The van der Waals surface area contributed by atoms with Crippen LogP contribution in [0.1, 0.15) is 18.9 Å². The molecule has 0 aliphatic rings. The van der Waals surface area contributed by atoms with Crippen molar-refractivity contribution in [3.63, 3.8) is 0 Å². The van der Waals surface area contributed by atoms with E-state index >= 15 is 0 Å². The van der Waals surface area contributed by atoms with Crippen LogP contribution in [0.15, 0.2) is 42.5 Å². The average molecular weight is 386 g/mol. The first-order valence-electron chi connectivity index (χ1n) is 8.88. The smallest absolute Gasteiger partial charge is 0.223 e. The van der Waals surface area contributed by atoms with Crippen LogP contribution in [0.5, 0.6) is 17.2 Å². The molecule has 0 radical (unpaired) electrons. The minimum absolute atomic E-state index is 0.155. The van der Waals surface area contributed by atoms with Gasteiger partial charge < -0.3 is 24.4 Å². The van der Waals surface area contributed by atoms with Crippen LogP contribution in [-0.4, -0.2) is 39.7 Å². The van der Waals surface area contributed by atoms with Gasteiger partial charge in [-0.3, -0.25) is 9.59 Å². The molecule has 2 aromatic carbocycles. The van der Waals surface area contributed by atoms with E-state index < -0.39 is 0 Å². The molecule has 0 heterocycles. The lowest BCUT2D eigenvalue weighted by Gasteiger charge is -2.22. The maximum atomic E-state index is 12.3. The molecule has 0 aliphatic carbocycles. The van der Waals surface area contributed by atoms with Crippen molar-refractivity contribution in [1.82, 2.24) is 5.32 Å². The predicted octanol–water partition coefficient (Wildman–Crippen LogP) is 2.77. The SMILES string of the molecule is COc1ccccc1CNC(=O)CCN(C(C)=O)c1ccc(OC)c(OC)c1. The highest BCUT2D eigenvalue weighted by atomic mass is 16.5. The number of hydrogen-bond donors (Lipinski definition) is 1. The number of carbonyl (C=O) groups excluding carboxylic acids is 2. The molecule has 2 rings (SSSR count). The first-order chi connectivity index (χ1) is 13.5. The molecule has 2 amide bonds. The summed E-state index contributed by atoms with van der Waals surface area (Å²) in [6.07, 6.45) is 0.170. The van der Waals surface area contributed by atoms with Crippen LogP contribution in [0.2, 0.25) is 0 Å². The quantitative estimate of drug-likeness (QED) is 0.717. The second-order valence-electron chi connectivity index (χ2n) is 6.05. The summed E-state index contributed by atoms with van der Waals surface area (Å²) < 4.78 is 15.8. The lowest BCUT2D eigenvalue weighted by Crippen LogP contribution is -2.33. The summed E-state index contributed by atoms with van der Waals surface area (Å²) in [5.74, 6) is 1.50. The fourth-order valence-corrected chi connectivity index (χ4v) is 2.81. The molecule has 0 saturated heterocycles. The topological polar surface area (TPSA) is 77.1 Å². The number of para-hydroxylation sites is 1. The molecule has 7 nitrogen and oxygen atoms in total. The molecule has 7 heteroatoms. The van der Waals surface area contributed by atoms with Gasteiger partial charge in [-0.25, -0.2) is 0 Å². The third kappa shape index (κ3) is 5.39. The first-order valence-corrected chi connectivity index (χ1v) is 8.88. The summed E-state index contributed by atoms with van der Waals surface area (Å²) in [6.45, 7) is 2.07. The zero-order valence-corrected chi connectivity index (χ0v) is 16.7. The number of methoxy groups -OCH3 is 3. The van der Waals surface area contributed by atoms with Crippen LogP contribution in [0.3, 0.4) is 0 Å². The fourth-order valence-electron chi connectivity index (χ4n) is 2.81. The molecule has 0 aromatic heterocycles. The van der Waals surface area contributed by atoms with Gasteiger partial charge in [0.05, 0.1) is 21.3 Å². The molecule has 0 unspecified atom stereocenters. The Bertz CT molecular complexity index is 822. The molecular weight excluding hydrogens is 360 g/mol. The Morgan fingerprint density at radius 3 is 2.25 bits per heavy atom. The normalized spacial score (nSPS) is 10.1. The number of nitrogens with zero attached hydrogens (tertiary/aromatic N) is 1. The summed E-state index contributed by atoms with van der Waals surface area (Å²) in [6, 6.07) is 12.7. The van der Waals surface area contributed by atoms with Gasteiger partial charge in [-0.1, -0.05) is 18.2 Å². The van der Waals surface area contributed by atoms with E-state index in [4.69, 9.17) is 14.2 Å². The minimum Gasteiger partial charge on any atom is -0.496 e. The number of hydrogen-bond acceptors (Lipinski definition) is 5. The highest BCUT2D eigenvalue weighted by molar-refractivity contribution is 5.92. The number of nitrogens with one attached hydrogen (secondary N) is 1. The highest BCUT2D eigenvalue weighted by Gasteiger charge is 2.16. The third-order valence-corrected chi connectivity index (χ3v) is 4.29. The van der Waals surface area contributed by atoms with Gasteiger partial charge in [0.1, 0.15) is 5.75 Å². The Morgan fingerprint density at radius 1 is 0.929 bits per heavy atom. The molecule has 1 N–H and O–H groups in total. The molecule has 2 aromatic rings. The molecule has 0 atom stereocenters. The maximum absolute atomic E-state index is 12.3. The number of anilines is 1. The van der Waals surface area contributed by atoms with Gasteiger partial charge in [-0.15, -0.1) is 0 Å². The van der Waals surface area contributed by atoms with Crippen molar-refractivity contribution in [3.05, 3.63) is 48.0 Å². The molecule has 28 heavy (non-hydrogen) atoms. The predicted molar refractivity (Wildman–Crippen MR) is 107 cm³/mol. The van der Waals surface area contributed by atoms with Gasteiger partial charge in [0.25, 0.3) is 0 Å². The van der Waals surface area contributed by atoms with Gasteiger partial charge in [0.2, 0.25) is 11.8 Å². The van der Waals surface area contributed by atoms with Crippen LogP contribution in [0.25, 0.3) is 0 Å². The number of rotatable bonds is 9. The molecule has 150 valence electrons. The van der Waals surface area contributed by atoms with E-state index in [0.29, 0.717) is 23.7 Å². The monoisotopic (exact) mass is 386 g/mol. The standard InChI is InChI=1S/C21H26N2O5/c1-15(24)23(17-9-10-19(27-3)20(13-17)28-4)12-11-21(25)22-14-16-7-5-6-8-18(16)26-2/h5-10,13H,11-12,14H2,1-4H3,(H,22,25). The van der Waals surface area contributed by atoms with Crippen molar-refractivity contribution in [1.29, 1.82) is 0 Å². The van der Waals surface area contributed by atoms with E-state index in [-0.39, 0.29) is 24.8 Å². The highest BCUT2D eigenvalue weighted by Crippen LogP contribution is 2.31. The van der Waals surface area contributed by atoms with Gasteiger partial charge in [-0.05, 0) is 18.2 Å². The third-order valence-electron chi connectivity index (χ3n) is 4.29. The van der Waals surface area contributed by atoms with E-state index in [1.54, 1.807) is 32.4 Å². The van der Waals surface area contributed by atoms with Crippen LogP contribution in [0.4, 0.5) is 5.69 Å². The van der Waals surface area contributed by atoms with E-state index in [1.165, 1.54) is 18.9 Å². The van der Waals surface area contributed by atoms with E-state index in [2.05, 4.69) is 5.32 Å². The zero-order valence-electron chi connectivity index (χ0n) is 16.7. The fraction of sp³-hybridized carbons (Fsp3) is 0.333. The lowest BCUT2D eigenvalue weighted by atomic mass is 10.2. The first kappa shape index (κ1) is 21.1. The van der Waals surface area contributed by atoms with Crippen molar-refractivity contribution < 1.29 is 23.8 Å². The lowest BCUT2D eigenvalue weighted by molar-refractivity contribution is -0.121. The van der Waals surface area contributed by atoms with Crippen LogP contribution >= 0.6 is 0 Å². The van der Waals surface area contributed by atoms with Crippen molar-refractivity contribution in [2.24, 2.45) is 0 Å². The molecule has 0 aliphatic heterocycles. The van der Waals surface area contributed by atoms with E-state index in [1.807, 2.05) is 24.3 Å². The number of ether oxygens (including phenoxy) is 3. The summed E-state index contributed by atoms with van der Waals surface area (Å²) >= 11 is 0. The number of amides is 2. The Hall–Kier alpha value is -3.22. The van der Waals surface area contributed by atoms with Crippen molar-refractivity contribution in [2.75, 3.05) is 32.8 Å². The Balaban J connectivity index is 1.99. The number of carbonyl (C=O) groups is 2. The number of benzene rings is 2. The second-order valence-corrected chi connectivity index (χ2v) is 6.05. The van der Waals surface area contributed by atoms with Crippen molar-refractivity contribution in [3.8, 4) is 17.2 Å². The maximum Gasteiger partial charge on any atom is 0.223 e. The molecular formula is C21H26N2O5. The molecule has 0 fully saturated rings. The largest absolute Gasteiger partial charge is 0.496 e. The van der Waals surface area contributed by atoms with E-state index in [9.17, 15) is 9.59 Å². The van der Waals surface area contributed by atoms with Gasteiger partial charge >= 0.3 is 0 Å². The Labute approximate surface area is 165 Å². The van der Waals surface area contributed by atoms with Gasteiger partial charge in [0.15, 0.2) is 11.5 Å². The van der Waals surface area contributed by atoms with E-state index in [0.717, 1.165) is 11.3 Å². The summed E-state index contributed by atoms with van der Waals surface area (Å²) in [5, 5.41) is 2.86. The summed E-state index contributed by atoms with van der Waals surface area (Å²) in [5.41, 5.74) is 1.53. The molecule has 0 bridgehead atoms. The summed E-state index contributed by atoms with van der Waals surface area (Å²) in [7, 11) is 4.67. The van der Waals surface area contributed by atoms with Crippen LogP contribution < -0.4 is 24.4 Å². The zero-order chi connectivity index (χ0) is 20.5. The van der Waals surface area contributed by atoms with Crippen molar-refractivity contribution >= 4 is 17.5 Å². The summed E-state index contributed by atoms with van der Waals surface area (Å²) in [4.78, 5) is 25.9. The van der Waals surface area contributed by atoms with Crippen molar-refractivity contribution in [2.45, 2.75) is 19.9 Å². The molecule has 0 saturated carbocycles. The Kier molecular flexibility index (Phi) is 7.68. The molecule has 0 spiro atoms. The van der Waals surface area contributed by atoms with Gasteiger partial charge in [0, 0.05) is 43.8 Å². The van der Waals surface area contributed by atoms with Gasteiger partial charge in [-0.2, -0.15) is 0 Å². The second kappa shape index (κ2) is 10.2. The minimum atomic E-state index is -0.162.